The standard InChI is InChI=1S/C15H24N2O3S/c1-11-9-13(16)14(10-12(11)2)21(19,20)17-7-4-5-15(3,18)6-8-17/h9-10,18H,4-8,16H2,1-3H3. The first-order chi connectivity index (χ1) is 9.63. The Morgan fingerprint density at radius 2 is 1.81 bits per heavy atom. The number of sulfonamides is 1. The Morgan fingerprint density at radius 3 is 2.48 bits per heavy atom. The van der Waals surface area contributed by atoms with E-state index in [0.29, 0.717) is 32.4 Å². The van der Waals surface area contributed by atoms with Crippen molar-refractivity contribution in [3.8, 4) is 0 Å². The predicted octanol–water partition coefficient (Wildman–Crippen LogP) is 1.81. The lowest BCUT2D eigenvalue weighted by Gasteiger charge is -2.23. The third-order valence-electron chi connectivity index (χ3n) is 4.27. The molecule has 1 atom stereocenters. The van der Waals surface area contributed by atoms with Crippen LogP contribution in [0.15, 0.2) is 17.0 Å². The number of aliphatic hydroxyl groups is 1. The average Bonchev–Trinajstić information content (AvgIpc) is 2.55. The summed E-state index contributed by atoms with van der Waals surface area (Å²) in [6, 6.07) is 3.35. The smallest absolute Gasteiger partial charge is 0.245 e. The molecule has 3 N–H and O–H groups in total. The van der Waals surface area contributed by atoms with E-state index in [9.17, 15) is 13.5 Å². The van der Waals surface area contributed by atoms with Gasteiger partial charge in [-0.3, -0.25) is 0 Å². The normalized spacial score (nSPS) is 24.8. The van der Waals surface area contributed by atoms with Crippen LogP contribution in [0.25, 0.3) is 0 Å². The highest BCUT2D eigenvalue weighted by Gasteiger charge is 2.32. The number of hydrogen-bond acceptors (Lipinski definition) is 4. The highest BCUT2D eigenvalue weighted by atomic mass is 32.2. The second-order valence-electron chi connectivity index (χ2n) is 6.23. The van der Waals surface area contributed by atoms with Crippen molar-refractivity contribution in [1.29, 1.82) is 0 Å². The maximum Gasteiger partial charge on any atom is 0.245 e. The van der Waals surface area contributed by atoms with E-state index in [1.807, 2.05) is 13.8 Å². The molecule has 0 aromatic heterocycles. The number of nitrogen functional groups attached to an aromatic ring is 1. The van der Waals surface area contributed by atoms with E-state index in [0.717, 1.165) is 11.1 Å². The van der Waals surface area contributed by atoms with E-state index in [-0.39, 0.29) is 10.6 Å². The van der Waals surface area contributed by atoms with Gasteiger partial charge in [-0.25, -0.2) is 8.42 Å². The lowest BCUT2D eigenvalue weighted by molar-refractivity contribution is 0.0465. The van der Waals surface area contributed by atoms with Gasteiger partial charge in [0, 0.05) is 13.1 Å². The fourth-order valence-corrected chi connectivity index (χ4v) is 4.32. The molecule has 1 aliphatic rings. The number of hydrogen-bond donors (Lipinski definition) is 2. The van der Waals surface area contributed by atoms with Crippen LogP contribution in [0.2, 0.25) is 0 Å². The van der Waals surface area contributed by atoms with Crippen LogP contribution in [0.1, 0.15) is 37.3 Å². The molecule has 1 aromatic rings. The van der Waals surface area contributed by atoms with Crippen LogP contribution < -0.4 is 5.73 Å². The molecule has 0 saturated carbocycles. The molecular weight excluding hydrogens is 288 g/mol. The minimum Gasteiger partial charge on any atom is -0.398 e. The maximum atomic E-state index is 12.8. The molecule has 1 aliphatic heterocycles. The lowest BCUT2D eigenvalue weighted by Crippen LogP contribution is -2.34. The van der Waals surface area contributed by atoms with E-state index in [1.165, 1.54) is 4.31 Å². The fourth-order valence-electron chi connectivity index (χ4n) is 2.65. The summed E-state index contributed by atoms with van der Waals surface area (Å²) in [7, 11) is -3.61. The van der Waals surface area contributed by atoms with Crippen molar-refractivity contribution in [2.45, 2.75) is 50.5 Å². The van der Waals surface area contributed by atoms with Crippen molar-refractivity contribution in [3.05, 3.63) is 23.3 Å². The number of nitrogens with two attached hydrogens (primary N) is 1. The molecule has 118 valence electrons. The molecular formula is C15H24N2O3S. The van der Waals surface area contributed by atoms with Crippen LogP contribution in [-0.2, 0) is 10.0 Å². The minimum absolute atomic E-state index is 0.173. The molecule has 0 aliphatic carbocycles. The highest BCUT2D eigenvalue weighted by molar-refractivity contribution is 7.89. The van der Waals surface area contributed by atoms with Crippen molar-refractivity contribution in [2.24, 2.45) is 0 Å². The van der Waals surface area contributed by atoms with Gasteiger partial charge in [-0.2, -0.15) is 4.31 Å². The number of rotatable bonds is 2. The molecule has 21 heavy (non-hydrogen) atoms. The first-order valence-corrected chi connectivity index (χ1v) is 8.67. The summed E-state index contributed by atoms with van der Waals surface area (Å²) in [5, 5.41) is 10.1. The Balaban J connectivity index is 2.36. The largest absolute Gasteiger partial charge is 0.398 e. The zero-order chi connectivity index (χ0) is 15.8. The molecule has 2 rings (SSSR count). The Labute approximate surface area is 126 Å². The van der Waals surface area contributed by atoms with Crippen LogP contribution >= 0.6 is 0 Å². The van der Waals surface area contributed by atoms with E-state index in [2.05, 4.69) is 0 Å². The summed E-state index contributed by atoms with van der Waals surface area (Å²) in [4.78, 5) is 0.173. The molecule has 0 amide bonds. The zero-order valence-electron chi connectivity index (χ0n) is 12.9. The molecule has 1 unspecified atom stereocenters. The van der Waals surface area contributed by atoms with Gasteiger partial charge < -0.3 is 10.8 Å². The second-order valence-corrected chi connectivity index (χ2v) is 8.14. The van der Waals surface area contributed by atoms with Crippen molar-refractivity contribution in [2.75, 3.05) is 18.8 Å². The van der Waals surface area contributed by atoms with E-state index < -0.39 is 15.6 Å². The first-order valence-electron chi connectivity index (χ1n) is 7.23. The molecule has 5 nitrogen and oxygen atoms in total. The van der Waals surface area contributed by atoms with Gasteiger partial charge in [-0.15, -0.1) is 0 Å². The molecule has 0 bridgehead atoms. The highest BCUT2D eigenvalue weighted by Crippen LogP contribution is 2.29. The van der Waals surface area contributed by atoms with Crippen molar-refractivity contribution in [1.82, 2.24) is 4.31 Å². The minimum atomic E-state index is -3.61. The van der Waals surface area contributed by atoms with Gasteiger partial charge in [0.2, 0.25) is 10.0 Å². The fraction of sp³-hybridized carbons (Fsp3) is 0.600. The van der Waals surface area contributed by atoms with Crippen LogP contribution in [0, 0.1) is 13.8 Å². The van der Waals surface area contributed by atoms with E-state index in [1.54, 1.807) is 19.1 Å². The molecule has 6 heteroatoms. The molecule has 1 aromatic carbocycles. The topological polar surface area (TPSA) is 83.6 Å². The summed E-state index contributed by atoms with van der Waals surface area (Å²) in [6.07, 6.45) is 1.70. The van der Waals surface area contributed by atoms with Crippen molar-refractivity contribution < 1.29 is 13.5 Å². The van der Waals surface area contributed by atoms with Gasteiger partial charge in [-0.1, -0.05) is 0 Å². The summed E-state index contributed by atoms with van der Waals surface area (Å²) in [6.45, 7) is 6.28. The summed E-state index contributed by atoms with van der Waals surface area (Å²) in [5.41, 5.74) is 7.30. The van der Waals surface area contributed by atoms with Gasteiger partial charge in [0.25, 0.3) is 0 Å². The van der Waals surface area contributed by atoms with Crippen molar-refractivity contribution >= 4 is 15.7 Å². The Morgan fingerprint density at radius 1 is 1.19 bits per heavy atom. The van der Waals surface area contributed by atoms with E-state index in [4.69, 9.17) is 5.73 Å². The number of benzene rings is 1. The summed E-state index contributed by atoms with van der Waals surface area (Å²) >= 11 is 0. The van der Waals surface area contributed by atoms with Crippen LogP contribution in [0.3, 0.4) is 0 Å². The quantitative estimate of drug-likeness (QED) is 0.816. The molecule has 1 heterocycles. The second kappa shape index (κ2) is 5.59. The van der Waals surface area contributed by atoms with Gasteiger partial charge >= 0.3 is 0 Å². The Kier molecular flexibility index (Phi) is 4.33. The molecule has 0 radical (unpaired) electrons. The van der Waals surface area contributed by atoms with Crippen LogP contribution in [-0.4, -0.2) is 36.5 Å². The molecule has 1 fully saturated rings. The van der Waals surface area contributed by atoms with E-state index >= 15 is 0 Å². The average molecular weight is 312 g/mol. The van der Waals surface area contributed by atoms with Gasteiger partial charge in [0.15, 0.2) is 0 Å². The van der Waals surface area contributed by atoms with Gasteiger partial charge in [0.1, 0.15) is 4.90 Å². The summed E-state index contributed by atoms with van der Waals surface area (Å²) < 4.78 is 27.0. The third kappa shape index (κ3) is 3.39. The Bertz CT molecular complexity index is 639. The zero-order valence-corrected chi connectivity index (χ0v) is 13.7. The maximum absolute atomic E-state index is 12.8. The van der Waals surface area contributed by atoms with Gasteiger partial charge in [-0.05, 0) is 63.3 Å². The number of nitrogens with zero attached hydrogens (tertiary/aromatic N) is 1. The monoisotopic (exact) mass is 312 g/mol. The summed E-state index contributed by atoms with van der Waals surface area (Å²) in [5.74, 6) is 0. The third-order valence-corrected chi connectivity index (χ3v) is 6.22. The number of anilines is 1. The first kappa shape index (κ1) is 16.3. The lowest BCUT2D eigenvalue weighted by atomic mass is 9.98. The van der Waals surface area contributed by atoms with Crippen molar-refractivity contribution in [3.63, 3.8) is 0 Å². The molecule has 0 spiro atoms. The SMILES string of the molecule is Cc1cc(N)c(S(=O)(=O)N2CCCC(C)(O)CC2)cc1C. The van der Waals surface area contributed by atoms with Gasteiger partial charge in [0.05, 0.1) is 11.3 Å². The Hall–Kier alpha value is -1.11. The van der Waals surface area contributed by atoms with Crippen LogP contribution in [0.5, 0.6) is 0 Å². The number of aryl methyl sites for hydroxylation is 2. The van der Waals surface area contributed by atoms with Crippen LogP contribution in [0.4, 0.5) is 5.69 Å². The predicted molar refractivity (Wildman–Crippen MR) is 83.6 cm³/mol. The molecule has 1 saturated heterocycles.